The number of hydrogen-bond donors (Lipinski definition) is 0. The van der Waals surface area contributed by atoms with E-state index < -0.39 is 0 Å². The van der Waals surface area contributed by atoms with Gasteiger partial charge in [0.2, 0.25) is 0 Å². The van der Waals surface area contributed by atoms with Crippen LogP contribution in [0.15, 0.2) is 0 Å². The van der Waals surface area contributed by atoms with Gasteiger partial charge in [0.1, 0.15) is 0 Å². The molecular formula is W50. The Kier molecular flexibility index (Phi) is 4740. The summed E-state index contributed by atoms with van der Waals surface area (Å²) in [5, 5.41) is 0. The van der Waals surface area contributed by atoms with Gasteiger partial charge in [-0.1, -0.05) is 0 Å². The topological polar surface area (TPSA) is 0 Å². The standard InChI is InChI=1S/50W. The maximum Gasteiger partial charge on any atom is 0 e. The van der Waals surface area contributed by atoms with Gasteiger partial charge in [0.05, 0.1) is 0 Å². The molecule has 0 nitrogen and oxygen atoms in total. The first-order chi connectivity index (χ1) is 0. The first kappa shape index (κ1) is 496. The molecule has 0 bridgehead atoms. The molecular weight excluding hydrogens is 9190 g/mol. The fourth-order valence-corrected chi connectivity index (χ4v) is 0. The van der Waals surface area contributed by atoms with Crippen LogP contribution in [0.3, 0.4) is 0 Å². The number of rotatable bonds is 0. The van der Waals surface area contributed by atoms with Crippen molar-refractivity contribution in [1.29, 1.82) is 0 Å². The molecule has 50 heavy (non-hydrogen) atoms. The van der Waals surface area contributed by atoms with Gasteiger partial charge >= 0.3 is 0 Å². The summed E-state index contributed by atoms with van der Waals surface area (Å²) >= 11 is 0. The first-order valence-corrected chi connectivity index (χ1v) is 0. The molecule has 0 aromatic rings. The van der Waals surface area contributed by atoms with Gasteiger partial charge in [0, 0.05) is 1050 Å². The van der Waals surface area contributed by atoms with Crippen LogP contribution in [0.4, 0.5) is 0 Å². The molecule has 50 heteroatoms. The molecule has 0 fully saturated rings. The summed E-state index contributed by atoms with van der Waals surface area (Å²) < 4.78 is 0. The molecule has 0 heterocycles. The van der Waals surface area contributed by atoms with Crippen LogP contribution >= 0.6 is 0 Å². The van der Waals surface area contributed by atoms with Gasteiger partial charge in [-0.3, -0.25) is 0 Å². The predicted octanol–water partition coefficient (Wildman–Crippen LogP) is -0.125. The molecule has 0 amide bonds. The molecule has 0 atom stereocenters. The van der Waals surface area contributed by atoms with Crippen LogP contribution in [0.1, 0.15) is 0 Å². The van der Waals surface area contributed by atoms with Crippen molar-refractivity contribution < 1.29 is 1050 Å². The van der Waals surface area contributed by atoms with Crippen LogP contribution in [0.5, 0.6) is 0 Å². The average Bonchev–Trinajstić information content (AvgIpc) is 0. The zero-order valence-corrected chi connectivity index (χ0v) is 167. The van der Waals surface area contributed by atoms with Crippen molar-refractivity contribution in [2.75, 3.05) is 0 Å². The zero-order chi connectivity index (χ0) is 0. The van der Waals surface area contributed by atoms with Crippen LogP contribution in [0, 0.1) is 0 Å². The number of hydrogen-bond acceptors (Lipinski definition) is 0. The normalized spacial score (nSPS) is 0. The van der Waals surface area contributed by atoms with E-state index in [1.807, 2.05) is 0 Å². The summed E-state index contributed by atoms with van der Waals surface area (Å²) in [6.45, 7) is 0. The van der Waals surface area contributed by atoms with Gasteiger partial charge in [-0.2, -0.15) is 0 Å². The molecule has 0 rings (SSSR count). The van der Waals surface area contributed by atoms with Crippen molar-refractivity contribution in [2.24, 2.45) is 0 Å². The van der Waals surface area contributed by atoms with Gasteiger partial charge < -0.3 is 0 Å². The maximum absolute atomic E-state index is 0. The summed E-state index contributed by atoms with van der Waals surface area (Å²) in [5.41, 5.74) is 0. The Bertz CT molecular complexity index is 0. The molecule has 0 saturated heterocycles. The van der Waals surface area contributed by atoms with Gasteiger partial charge in [-0.25, -0.2) is 0 Å². The second kappa shape index (κ2) is 478. The maximum atomic E-state index is 0. The molecule has 0 radical (unpaired) electrons. The zero-order valence-electron chi connectivity index (χ0n) is 20.4. The minimum absolute atomic E-state index is 0. The van der Waals surface area contributed by atoms with Gasteiger partial charge in [0.25, 0.3) is 0 Å². The van der Waals surface area contributed by atoms with Crippen LogP contribution in [-0.4, -0.2) is 0 Å². The summed E-state index contributed by atoms with van der Waals surface area (Å²) in [4.78, 5) is 0. The molecule has 0 aromatic carbocycles. The summed E-state index contributed by atoms with van der Waals surface area (Å²) in [5.74, 6) is 0. The summed E-state index contributed by atoms with van der Waals surface area (Å²) in [6, 6.07) is 0. The van der Waals surface area contributed by atoms with E-state index in [1.54, 1.807) is 0 Å². The van der Waals surface area contributed by atoms with E-state index in [9.17, 15) is 0 Å². The average molecular weight is 9190 g/mol. The molecule has 0 aliphatic carbocycles. The van der Waals surface area contributed by atoms with E-state index in [4.69, 9.17) is 0 Å². The Morgan fingerprint density at radius 2 is 0.0200 bits per heavy atom. The monoisotopic (exact) mass is 9200 g/mol. The van der Waals surface area contributed by atoms with E-state index in [0.29, 0.717) is 0 Å². The van der Waals surface area contributed by atoms with Crippen LogP contribution < -0.4 is 0 Å². The van der Waals surface area contributed by atoms with Gasteiger partial charge in [-0.15, -0.1) is 0 Å². The minimum atomic E-state index is 0. The third kappa shape index (κ3) is 461. The molecule has 0 aliphatic rings. The van der Waals surface area contributed by atoms with Gasteiger partial charge in [-0.05, 0) is 0 Å². The van der Waals surface area contributed by atoms with E-state index in [-0.39, 0.29) is 1050 Å². The second-order valence-corrected chi connectivity index (χ2v) is 0. The second-order valence-electron chi connectivity index (χ2n) is 0. The Hall–Kier alpha value is 34.4. The molecule has 0 aliphatic heterocycles. The van der Waals surface area contributed by atoms with E-state index in [1.165, 1.54) is 0 Å². The van der Waals surface area contributed by atoms with Crippen molar-refractivity contribution in [1.82, 2.24) is 0 Å². The van der Waals surface area contributed by atoms with Crippen LogP contribution in [-0.2, 0) is 1050 Å². The molecule has 0 aromatic heterocycles. The quantitative estimate of drug-likeness (QED) is 0.318. The third-order valence-electron chi connectivity index (χ3n) is 0. The fraction of sp³-hybridized carbons (Fsp3) is 0. The van der Waals surface area contributed by atoms with Crippen molar-refractivity contribution in [2.45, 2.75) is 0 Å². The summed E-state index contributed by atoms with van der Waals surface area (Å²) in [7, 11) is 0. The molecule has 0 spiro atoms. The van der Waals surface area contributed by atoms with E-state index in [0.717, 1.165) is 0 Å². The Morgan fingerprint density at radius 1 is 0.0200 bits per heavy atom. The van der Waals surface area contributed by atoms with Crippen molar-refractivity contribution >= 4 is 0 Å². The largest absolute Gasteiger partial charge is 0 e. The smallest absolute Gasteiger partial charge is 0 e. The van der Waals surface area contributed by atoms with Crippen molar-refractivity contribution in [3.8, 4) is 0 Å². The van der Waals surface area contributed by atoms with Gasteiger partial charge in [0.15, 0.2) is 0 Å². The van der Waals surface area contributed by atoms with Crippen LogP contribution in [0.2, 0.25) is 0 Å². The van der Waals surface area contributed by atoms with Crippen molar-refractivity contribution in [3.63, 3.8) is 0 Å². The van der Waals surface area contributed by atoms with Crippen LogP contribution in [0.25, 0.3) is 0 Å². The molecule has 0 N–H and O–H groups in total. The molecule has 300 valence electrons. The van der Waals surface area contributed by atoms with E-state index in [2.05, 4.69) is 0 Å². The summed E-state index contributed by atoms with van der Waals surface area (Å²) in [6.07, 6.45) is 0. The first-order valence-electron chi connectivity index (χ1n) is 0. The third-order valence-corrected chi connectivity index (χ3v) is 0. The van der Waals surface area contributed by atoms with E-state index >= 15 is 0 Å². The molecule has 0 saturated carbocycles. The predicted molar refractivity (Wildman–Crippen MR) is 0 cm³/mol. The Balaban J connectivity index is 0. The Labute approximate surface area is 1020 Å². The minimum Gasteiger partial charge on any atom is 0 e. The fourth-order valence-electron chi connectivity index (χ4n) is 0. The molecule has 0 unspecified atom stereocenters. The Morgan fingerprint density at radius 3 is 0.0200 bits per heavy atom. The SMILES string of the molecule is [W].[W].[W].[W].[W].[W].[W].[W].[W].[W].[W].[W].[W].[W].[W].[W].[W].[W].[W].[W].[W].[W].[W].[W].[W].[W].[W].[W].[W].[W].[W].[W].[W].[W].[W].[W].[W].[W].[W].[W].[W].[W].[W].[W].[W].[W].[W].[W].[W].[W]. The van der Waals surface area contributed by atoms with Crippen molar-refractivity contribution in [3.05, 3.63) is 0 Å².